The van der Waals surface area contributed by atoms with E-state index in [4.69, 9.17) is 0 Å². The highest BCUT2D eigenvalue weighted by molar-refractivity contribution is 6.05. The van der Waals surface area contributed by atoms with Gasteiger partial charge < -0.3 is 14.7 Å². The minimum atomic E-state index is -2.66. The average molecular weight is 827 g/mol. The molecule has 2 N–H and O–H groups in total. The highest BCUT2D eigenvalue weighted by atomic mass is 19.3. The third-order valence-corrected chi connectivity index (χ3v) is 14.3. The van der Waals surface area contributed by atoms with Gasteiger partial charge in [-0.05, 0) is 117 Å². The Labute approximate surface area is 346 Å². The number of H-pyrrole nitrogens is 1. The largest absolute Gasteiger partial charge is 0.371 e. The number of alkyl halides is 2. The Kier molecular flexibility index (Phi) is 10.2. The third-order valence-electron chi connectivity index (χ3n) is 14.3. The van der Waals surface area contributed by atoms with Gasteiger partial charge in [0.25, 0.3) is 12.3 Å². The summed E-state index contributed by atoms with van der Waals surface area (Å²) in [7, 11) is 0. The van der Waals surface area contributed by atoms with E-state index in [-0.39, 0.29) is 29.8 Å². The van der Waals surface area contributed by atoms with E-state index in [1.165, 1.54) is 28.2 Å². The zero-order valence-electron chi connectivity index (χ0n) is 33.7. The molecule has 60 heavy (non-hydrogen) atoms. The van der Waals surface area contributed by atoms with Crippen molar-refractivity contribution >= 4 is 34.3 Å². The Morgan fingerprint density at radius 1 is 0.867 bits per heavy atom. The van der Waals surface area contributed by atoms with Crippen molar-refractivity contribution in [1.82, 2.24) is 35.1 Å². The SMILES string of the molecule is C[C@@H]1Cc2c(ccc3[nH]ncc23)[C@@H](c2c(F)cc(N3CCC(CN4CCC(N5Cc6cc7c(cc6C5)C(=O)N(C5CCC(=O)NC5=O)C7)CC4)CC3)cc2F)N1CC(F)F. The summed E-state index contributed by atoms with van der Waals surface area (Å²) in [6.07, 6.45) is 4.04. The zero-order chi connectivity index (χ0) is 41.4. The highest BCUT2D eigenvalue weighted by Crippen LogP contribution is 2.44. The lowest BCUT2D eigenvalue weighted by Crippen LogP contribution is -2.52. The number of hydrogen-bond donors (Lipinski definition) is 2. The van der Waals surface area contributed by atoms with Crippen molar-refractivity contribution in [3.05, 3.63) is 93.2 Å². The van der Waals surface area contributed by atoms with Crippen LogP contribution in [0.4, 0.5) is 23.2 Å². The van der Waals surface area contributed by atoms with E-state index in [2.05, 4.69) is 31.4 Å². The first-order chi connectivity index (χ1) is 29.0. The molecule has 3 fully saturated rings. The van der Waals surface area contributed by atoms with Gasteiger partial charge in [0.15, 0.2) is 0 Å². The van der Waals surface area contributed by atoms with Gasteiger partial charge in [0, 0.05) is 80.0 Å². The van der Waals surface area contributed by atoms with Gasteiger partial charge in [-0.25, -0.2) is 17.6 Å². The predicted octanol–water partition coefficient (Wildman–Crippen LogP) is 5.90. The lowest BCUT2D eigenvalue weighted by molar-refractivity contribution is -0.136. The molecular formula is C45H50F4N8O3. The van der Waals surface area contributed by atoms with E-state index in [0.717, 1.165) is 80.4 Å². The highest BCUT2D eigenvalue weighted by Gasteiger charge is 2.42. The molecule has 316 valence electrons. The maximum atomic E-state index is 16.3. The molecule has 6 aliphatic rings. The number of anilines is 1. The summed E-state index contributed by atoms with van der Waals surface area (Å²) in [6.45, 7) is 7.64. The molecular weight excluding hydrogens is 777 g/mol. The van der Waals surface area contributed by atoms with Crippen LogP contribution < -0.4 is 10.2 Å². The molecule has 1 unspecified atom stereocenters. The van der Waals surface area contributed by atoms with E-state index >= 15 is 8.78 Å². The van der Waals surface area contributed by atoms with Gasteiger partial charge in [-0.2, -0.15) is 5.10 Å². The second kappa shape index (κ2) is 15.6. The van der Waals surface area contributed by atoms with Crippen LogP contribution in [-0.4, -0.2) is 111 Å². The van der Waals surface area contributed by atoms with Crippen LogP contribution >= 0.6 is 0 Å². The number of nitrogens with one attached hydrogen (secondary N) is 2. The maximum Gasteiger partial charge on any atom is 0.255 e. The number of piperidine rings is 3. The maximum absolute atomic E-state index is 16.3. The van der Waals surface area contributed by atoms with Gasteiger partial charge in [0.1, 0.15) is 17.7 Å². The number of likely N-dealkylation sites (tertiary alicyclic amines) is 1. The Morgan fingerprint density at radius 2 is 1.60 bits per heavy atom. The molecule has 3 amide bonds. The molecule has 0 spiro atoms. The summed E-state index contributed by atoms with van der Waals surface area (Å²) < 4.78 is 60.4. The van der Waals surface area contributed by atoms with Crippen molar-refractivity contribution in [2.45, 2.75) is 102 Å². The minimum Gasteiger partial charge on any atom is -0.371 e. The molecule has 11 nitrogen and oxygen atoms in total. The molecule has 15 heteroatoms. The topological polar surface area (TPSA) is 108 Å². The molecule has 10 rings (SSSR count). The first kappa shape index (κ1) is 39.3. The van der Waals surface area contributed by atoms with Gasteiger partial charge >= 0.3 is 0 Å². The Bertz CT molecular complexity index is 2330. The van der Waals surface area contributed by atoms with Gasteiger partial charge in [0.05, 0.1) is 24.3 Å². The van der Waals surface area contributed by atoms with E-state index in [1.54, 1.807) is 23.2 Å². The molecule has 0 radical (unpaired) electrons. The number of rotatable bonds is 8. The number of fused-ring (bicyclic) bond motifs is 5. The van der Waals surface area contributed by atoms with E-state index in [0.29, 0.717) is 61.2 Å². The van der Waals surface area contributed by atoms with E-state index < -0.39 is 42.6 Å². The number of hydrogen-bond acceptors (Lipinski definition) is 8. The lowest BCUT2D eigenvalue weighted by Gasteiger charge is -2.42. The number of imide groups is 1. The standard InChI is InChI=1S/C45H50F4N8O3/c1-25-14-34-32(2-3-38-35(34)19-50-52-38)43(56(25)24-40(48)49)42-36(46)17-31(18-37(42)47)54-12-6-26(7-13-54)20-53-10-8-30(9-11-53)55-21-27-15-29-23-57(39-4-5-41(58)51-44(39)59)45(60)33(29)16-28(27)22-55/h2-3,15-19,25-26,30,39-40,43H,4-14,20-24H2,1H3,(H,50,52)(H,51,58,59)/t25-,39?,43+/m1/s1. The fraction of sp³-hybridized carbons (Fsp3) is 0.511. The second-order valence-corrected chi connectivity index (χ2v) is 17.9. The summed E-state index contributed by atoms with van der Waals surface area (Å²) in [6, 6.07) is 9.01. The molecule has 7 heterocycles. The molecule has 3 atom stereocenters. The first-order valence-corrected chi connectivity index (χ1v) is 21.5. The normalized spacial score (nSPS) is 24.8. The van der Waals surface area contributed by atoms with Crippen LogP contribution in [0.25, 0.3) is 10.9 Å². The number of nitrogens with zero attached hydrogens (tertiary/aromatic N) is 6. The van der Waals surface area contributed by atoms with Crippen LogP contribution in [0.15, 0.2) is 42.6 Å². The molecule has 1 aromatic heterocycles. The lowest BCUT2D eigenvalue weighted by atomic mass is 9.83. The Balaban J connectivity index is 0.737. The number of carbonyl (C=O) groups excluding carboxylic acids is 3. The van der Waals surface area contributed by atoms with Crippen molar-refractivity contribution in [3.63, 3.8) is 0 Å². The summed E-state index contributed by atoms with van der Waals surface area (Å²) >= 11 is 0. The third kappa shape index (κ3) is 7.05. The summed E-state index contributed by atoms with van der Waals surface area (Å²) in [4.78, 5) is 47.8. The molecule has 4 aromatic rings. The average Bonchev–Trinajstić information content (AvgIpc) is 3.96. The number of amides is 3. The number of aromatic amines is 1. The van der Waals surface area contributed by atoms with E-state index in [1.807, 2.05) is 17.9 Å². The fourth-order valence-corrected chi connectivity index (χ4v) is 11.2. The number of aromatic nitrogens is 2. The summed E-state index contributed by atoms with van der Waals surface area (Å²) in [5, 5.41) is 10.3. The smallest absolute Gasteiger partial charge is 0.255 e. The van der Waals surface area contributed by atoms with Crippen molar-refractivity contribution in [2.75, 3.05) is 44.2 Å². The zero-order valence-corrected chi connectivity index (χ0v) is 33.7. The van der Waals surface area contributed by atoms with E-state index in [9.17, 15) is 23.2 Å². The molecule has 0 bridgehead atoms. The monoisotopic (exact) mass is 826 g/mol. The molecule has 3 aromatic carbocycles. The van der Waals surface area contributed by atoms with Crippen LogP contribution in [0.2, 0.25) is 0 Å². The van der Waals surface area contributed by atoms with Crippen molar-refractivity contribution in [1.29, 1.82) is 0 Å². The fourth-order valence-electron chi connectivity index (χ4n) is 11.2. The van der Waals surface area contributed by atoms with Crippen molar-refractivity contribution < 1.29 is 31.9 Å². The van der Waals surface area contributed by atoms with Gasteiger partial charge in [-0.1, -0.05) is 12.1 Å². The number of halogens is 4. The van der Waals surface area contributed by atoms with Crippen molar-refractivity contribution in [3.8, 4) is 0 Å². The Morgan fingerprint density at radius 3 is 2.32 bits per heavy atom. The van der Waals surface area contributed by atoms with Crippen molar-refractivity contribution in [2.24, 2.45) is 5.92 Å². The minimum absolute atomic E-state index is 0.133. The first-order valence-electron chi connectivity index (χ1n) is 21.5. The Hall–Kier alpha value is -4.86. The van der Waals surface area contributed by atoms with Gasteiger partial charge in [-0.15, -0.1) is 0 Å². The van der Waals surface area contributed by atoms with Crippen LogP contribution in [0.1, 0.15) is 95.2 Å². The molecule has 3 saturated heterocycles. The molecule has 6 aliphatic heterocycles. The predicted molar refractivity (Wildman–Crippen MR) is 216 cm³/mol. The van der Waals surface area contributed by atoms with Crippen LogP contribution in [0.3, 0.4) is 0 Å². The summed E-state index contributed by atoms with van der Waals surface area (Å²) in [5.74, 6) is -1.78. The summed E-state index contributed by atoms with van der Waals surface area (Å²) in [5.41, 5.74) is 6.64. The molecule has 0 aliphatic carbocycles. The van der Waals surface area contributed by atoms with Crippen LogP contribution in [0.5, 0.6) is 0 Å². The van der Waals surface area contributed by atoms with Crippen LogP contribution in [0, 0.1) is 17.6 Å². The van der Waals surface area contributed by atoms with Gasteiger partial charge in [-0.3, -0.25) is 34.6 Å². The van der Waals surface area contributed by atoms with Crippen LogP contribution in [-0.2, 0) is 35.6 Å². The number of benzene rings is 3. The second-order valence-electron chi connectivity index (χ2n) is 17.9. The quantitative estimate of drug-likeness (QED) is 0.167. The van der Waals surface area contributed by atoms with Gasteiger partial charge in [0.2, 0.25) is 11.8 Å². The molecule has 0 saturated carbocycles. The number of carbonyl (C=O) groups is 3.